The van der Waals surface area contributed by atoms with Crippen molar-refractivity contribution in [3.8, 4) is 16.8 Å². The topological polar surface area (TPSA) is 78.3 Å². The van der Waals surface area contributed by atoms with Gasteiger partial charge >= 0.3 is 5.97 Å². The van der Waals surface area contributed by atoms with Crippen molar-refractivity contribution in [1.29, 1.82) is 0 Å². The first-order chi connectivity index (χ1) is 12.8. The Balaban J connectivity index is 1.89. The molecule has 0 radical (unpaired) electrons. The summed E-state index contributed by atoms with van der Waals surface area (Å²) in [5.74, 6) is -1.36. The van der Waals surface area contributed by atoms with Gasteiger partial charge in [-0.05, 0) is 35.9 Å². The largest absolute Gasteiger partial charge is 0.449 e. The van der Waals surface area contributed by atoms with E-state index < -0.39 is 21.7 Å². The maximum Gasteiger partial charge on any atom is 0.303 e. The van der Waals surface area contributed by atoms with Crippen LogP contribution < -0.4 is 0 Å². The molecule has 0 aliphatic carbocycles. The first kappa shape index (κ1) is 19.4. The second kappa shape index (κ2) is 7.72. The Bertz CT molecular complexity index is 1090. The molecule has 0 saturated carbocycles. The molecule has 27 heavy (non-hydrogen) atoms. The van der Waals surface area contributed by atoms with Gasteiger partial charge in [0.1, 0.15) is 0 Å². The summed E-state index contributed by atoms with van der Waals surface area (Å²) in [5, 5.41) is 5.11. The number of benzene rings is 2. The van der Waals surface area contributed by atoms with E-state index in [1.807, 2.05) is 6.07 Å². The minimum atomic E-state index is -3.72. The van der Waals surface area contributed by atoms with Crippen molar-refractivity contribution in [2.75, 3.05) is 5.94 Å². The number of halogens is 2. The second-order valence-corrected chi connectivity index (χ2v) is 8.38. The fraction of sp³-hybridized carbons (Fsp3) is 0.111. The van der Waals surface area contributed by atoms with E-state index in [0.717, 1.165) is 12.6 Å². The molecule has 6 nitrogen and oxygen atoms in total. The van der Waals surface area contributed by atoms with Gasteiger partial charge in [0, 0.05) is 23.7 Å². The van der Waals surface area contributed by atoms with Crippen LogP contribution in [0.5, 0.6) is 0 Å². The Morgan fingerprint density at radius 3 is 2.48 bits per heavy atom. The molecule has 0 unspecified atom stereocenters. The van der Waals surface area contributed by atoms with Gasteiger partial charge < -0.3 is 4.74 Å². The minimum Gasteiger partial charge on any atom is -0.449 e. The van der Waals surface area contributed by atoms with Gasteiger partial charge in [-0.2, -0.15) is 5.10 Å². The van der Waals surface area contributed by atoms with E-state index in [-0.39, 0.29) is 10.0 Å². The third-order valence-corrected chi connectivity index (χ3v) is 5.62. The molecule has 0 N–H and O–H groups in total. The number of carbonyl (C=O) groups excluding carboxylic acids is 1. The zero-order chi connectivity index (χ0) is 19.6. The van der Waals surface area contributed by atoms with Gasteiger partial charge in [-0.15, -0.1) is 0 Å². The van der Waals surface area contributed by atoms with Gasteiger partial charge in [0.25, 0.3) is 0 Å². The number of sulfone groups is 1. The number of rotatable bonds is 5. The Morgan fingerprint density at radius 2 is 1.85 bits per heavy atom. The zero-order valence-electron chi connectivity index (χ0n) is 14.1. The molecule has 2 aromatic carbocycles. The number of hydrogen-bond acceptors (Lipinski definition) is 5. The van der Waals surface area contributed by atoms with Crippen LogP contribution in [0.15, 0.2) is 59.6 Å². The molecule has 0 spiro atoms. The van der Waals surface area contributed by atoms with E-state index in [1.165, 1.54) is 12.1 Å². The van der Waals surface area contributed by atoms with Crippen molar-refractivity contribution in [3.63, 3.8) is 0 Å². The van der Waals surface area contributed by atoms with Crippen LogP contribution in [0.4, 0.5) is 0 Å². The summed E-state index contributed by atoms with van der Waals surface area (Å²) < 4.78 is 30.5. The van der Waals surface area contributed by atoms with Gasteiger partial charge in [0.05, 0.1) is 10.6 Å². The number of nitrogens with zero attached hydrogens (tertiary/aromatic N) is 2. The molecule has 3 aromatic rings. The highest BCUT2D eigenvalue weighted by atomic mass is 35.5. The summed E-state index contributed by atoms with van der Waals surface area (Å²) in [5.41, 5.74) is 2.08. The Labute approximate surface area is 166 Å². The van der Waals surface area contributed by atoms with Gasteiger partial charge in [-0.1, -0.05) is 41.4 Å². The van der Waals surface area contributed by atoms with Crippen LogP contribution in [-0.2, 0) is 19.4 Å². The van der Waals surface area contributed by atoms with Gasteiger partial charge in [-0.25, -0.2) is 13.1 Å². The molecule has 0 saturated heterocycles. The number of ether oxygens (including phenoxy) is 1. The molecule has 0 bridgehead atoms. The lowest BCUT2D eigenvalue weighted by molar-refractivity contribution is -0.138. The number of esters is 1. The van der Waals surface area contributed by atoms with Crippen LogP contribution in [0.2, 0.25) is 10.2 Å². The van der Waals surface area contributed by atoms with Crippen LogP contribution >= 0.6 is 23.2 Å². The molecule has 0 amide bonds. The van der Waals surface area contributed by atoms with Crippen molar-refractivity contribution in [2.24, 2.45) is 0 Å². The molecule has 3 rings (SSSR count). The number of aromatic nitrogens is 2. The lowest BCUT2D eigenvalue weighted by atomic mass is 10.1. The molecule has 1 heterocycles. The second-order valence-electron chi connectivity index (χ2n) is 5.65. The molecule has 0 fully saturated rings. The van der Waals surface area contributed by atoms with Crippen molar-refractivity contribution in [2.45, 2.75) is 11.8 Å². The maximum absolute atomic E-state index is 12.1. The van der Waals surface area contributed by atoms with Gasteiger partial charge in [0.15, 0.2) is 11.1 Å². The van der Waals surface area contributed by atoms with Crippen LogP contribution in [-0.4, -0.2) is 30.1 Å². The molecule has 0 aliphatic rings. The fourth-order valence-corrected chi connectivity index (χ4v) is 3.80. The smallest absolute Gasteiger partial charge is 0.303 e. The molecule has 9 heteroatoms. The Kier molecular flexibility index (Phi) is 5.55. The highest BCUT2D eigenvalue weighted by molar-refractivity contribution is 7.91. The summed E-state index contributed by atoms with van der Waals surface area (Å²) in [7, 11) is -3.72. The lowest BCUT2D eigenvalue weighted by Crippen LogP contribution is -2.12. The molecule has 140 valence electrons. The third kappa shape index (κ3) is 4.50. The fourth-order valence-electron chi connectivity index (χ4n) is 2.37. The Morgan fingerprint density at radius 1 is 1.15 bits per heavy atom. The quantitative estimate of drug-likeness (QED) is 0.575. The maximum atomic E-state index is 12.1. The zero-order valence-corrected chi connectivity index (χ0v) is 16.4. The summed E-state index contributed by atoms with van der Waals surface area (Å²) in [6.07, 6.45) is 1.73. The average molecular weight is 425 g/mol. The Hall–Kier alpha value is -2.35. The van der Waals surface area contributed by atoms with E-state index in [2.05, 4.69) is 9.84 Å². The van der Waals surface area contributed by atoms with Crippen molar-refractivity contribution in [3.05, 3.63) is 64.9 Å². The summed E-state index contributed by atoms with van der Waals surface area (Å²) in [6, 6.07) is 13.2. The SMILES string of the molecule is CC(=O)OCS(=O)(=O)c1ccc(-c2cn(-c3cccc(Cl)c3)nc2Cl)cc1. The standard InChI is InChI=1S/C18H14Cl2N2O4S/c1-12(23)26-11-27(24,25)16-7-5-13(6-8-16)17-10-22(21-18(17)20)15-4-2-3-14(19)9-15/h2-10H,11H2,1H3. The van der Waals surface area contributed by atoms with Crippen LogP contribution in [0.25, 0.3) is 16.8 Å². The highest BCUT2D eigenvalue weighted by Gasteiger charge is 2.17. The minimum absolute atomic E-state index is 0.0471. The predicted octanol–water partition coefficient (Wildman–Crippen LogP) is 4.14. The summed E-state index contributed by atoms with van der Waals surface area (Å²) in [6.45, 7) is 1.15. The van der Waals surface area contributed by atoms with E-state index >= 15 is 0 Å². The lowest BCUT2D eigenvalue weighted by Gasteiger charge is -2.05. The average Bonchev–Trinajstić information content (AvgIpc) is 3.02. The van der Waals surface area contributed by atoms with Crippen LogP contribution in [0.3, 0.4) is 0 Å². The molecule has 0 atom stereocenters. The number of carbonyl (C=O) groups is 1. The van der Waals surface area contributed by atoms with Gasteiger partial charge in [-0.3, -0.25) is 4.79 Å². The van der Waals surface area contributed by atoms with Crippen molar-refractivity contribution in [1.82, 2.24) is 9.78 Å². The van der Waals surface area contributed by atoms with E-state index in [9.17, 15) is 13.2 Å². The molecular formula is C18H14Cl2N2O4S. The monoisotopic (exact) mass is 424 g/mol. The van der Waals surface area contributed by atoms with E-state index in [4.69, 9.17) is 23.2 Å². The van der Waals surface area contributed by atoms with Crippen molar-refractivity contribution < 1.29 is 17.9 Å². The number of hydrogen-bond donors (Lipinski definition) is 0. The van der Waals surface area contributed by atoms with Crippen molar-refractivity contribution >= 4 is 39.0 Å². The van der Waals surface area contributed by atoms with Gasteiger partial charge in [0.2, 0.25) is 9.84 Å². The molecule has 1 aromatic heterocycles. The molecular weight excluding hydrogens is 411 g/mol. The predicted molar refractivity (Wildman–Crippen MR) is 103 cm³/mol. The van der Waals surface area contributed by atoms with E-state index in [0.29, 0.717) is 16.1 Å². The highest BCUT2D eigenvalue weighted by Crippen LogP contribution is 2.29. The van der Waals surface area contributed by atoms with E-state index in [1.54, 1.807) is 41.2 Å². The van der Waals surface area contributed by atoms with Crippen LogP contribution in [0.1, 0.15) is 6.92 Å². The normalized spacial score (nSPS) is 11.4. The van der Waals surface area contributed by atoms with Crippen LogP contribution in [0, 0.1) is 0 Å². The summed E-state index contributed by atoms with van der Waals surface area (Å²) >= 11 is 12.2. The first-order valence-corrected chi connectivity index (χ1v) is 10.1. The third-order valence-electron chi connectivity index (χ3n) is 3.68. The first-order valence-electron chi connectivity index (χ1n) is 7.74. The summed E-state index contributed by atoms with van der Waals surface area (Å²) in [4.78, 5) is 10.9. The molecule has 0 aliphatic heterocycles.